The molecule has 0 aromatic carbocycles. The fourth-order valence-corrected chi connectivity index (χ4v) is 1.16. The van der Waals surface area contributed by atoms with Crippen molar-refractivity contribution in [2.24, 2.45) is 0 Å². The number of nitrogens with one attached hydrogen (secondary N) is 1. The Hall–Kier alpha value is -0.650. The lowest BCUT2D eigenvalue weighted by atomic mass is 10.3. The van der Waals surface area contributed by atoms with Crippen molar-refractivity contribution in [2.75, 3.05) is 46.2 Å². The van der Waals surface area contributed by atoms with Crippen molar-refractivity contribution in [1.29, 1.82) is 0 Å². The van der Waals surface area contributed by atoms with Crippen LogP contribution in [0, 0.1) is 0 Å². The molecule has 0 aromatic rings. The van der Waals surface area contributed by atoms with Gasteiger partial charge in [-0.15, -0.1) is 0 Å². The third kappa shape index (κ3) is 15.4. The molecule has 0 aliphatic rings. The van der Waals surface area contributed by atoms with Gasteiger partial charge in [-0.25, -0.2) is 0 Å². The maximum atomic E-state index is 11.1. The molecule has 0 aliphatic carbocycles. The van der Waals surface area contributed by atoms with E-state index in [-0.39, 0.29) is 14.8 Å². The summed E-state index contributed by atoms with van der Waals surface area (Å²) < 4.78 is 15.7. The van der Waals surface area contributed by atoms with Gasteiger partial charge in [0.15, 0.2) is 0 Å². The highest BCUT2D eigenvalue weighted by Gasteiger charge is 1.97. The molecule has 0 heterocycles. The molecule has 0 radical (unpaired) electrons. The predicted octanol–water partition coefficient (Wildman–Crippen LogP) is 1.85. The minimum atomic E-state index is 0. The van der Waals surface area contributed by atoms with Crippen LogP contribution in [0.1, 0.15) is 35.5 Å². The third-order valence-corrected chi connectivity index (χ3v) is 1.99. The molecule has 0 atom stereocenters. The smallest absolute Gasteiger partial charge is 0.220 e. The molecule has 0 spiro atoms. The molecule has 5 heteroatoms. The third-order valence-electron chi connectivity index (χ3n) is 1.99. The van der Waals surface area contributed by atoms with Gasteiger partial charge in [0.05, 0.1) is 33.0 Å². The van der Waals surface area contributed by atoms with Crippen molar-refractivity contribution < 1.29 is 20.4 Å². The average molecular weight is 265 g/mol. The summed E-state index contributed by atoms with van der Waals surface area (Å²) in [7, 11) is 0. The molecule has 0 saturated heterocycles. The molecule has 0 unspecified atom stereocenters. The zero-order valence-electron chi connectivity index (χ0n) is 11.0. The maximum absolute atomic E-state index is 11.1. The van der Waals surface area contributed by atoms with Crippen molar-refractivity contribution in [3.05, 3.63) is 0 Å². The largest absolute Gasteiger partial charge is 0.379 e. The van der Waals surface area contributed by atoms with E-state index in [1.165, 1.54) is 0 Å². The Morgan fingerprint density at radius 1 is 1.00 bits per heavy atom. The molecule has 112 valence electrons. The maximum Gasteiger partial charge on any atom is 0.220 e. The SMILES string of the molecule is C.CCCC(=O)NCCOCCOCCOCC.[HH]. The first-order chi connectivity index (χ1) is 8.31. The molecular weight excluding hydrogens is 234 g/mol. The first-order valence-electron chi connectivity index (χ1n) is 6.31. The summed E-state index contributed by atoms with van der Waals surface area (Å²) in [6, 6.07) is 0. The van der Waals surface area contributed by atoms with Gasteiger partial charge in [-0.05, 0) is 13.3 Å². The Bertz CT molecular complexity index is 182. The Balaban J connectivity index is -0.00000128. The molecule has 0 saturated carbocycles. The lowest BCUT2D eigenvalue weighted by molar-refractivity contribution is -0.121. The fourth-order valence-electron chi connectivity index (χ4n) is 1.16. The average Bonchev–Trinajstić information content (AvgIpc) is 2.32. The summed E-state index contributed by atoms with van der Waals surface area (Å²) in [6.07, 6.45) is 1.46. The Morgan fingerprint density at radius 3 is 2.11 bits per heavy atom. The second-order valence-corrected chi connectivity index (χ2v) is 3.52. The zero-order chi connectivity index (χ0) is 12.8. The van der Waals surface area contributed by atoms with Crippen molar-refractivity contribution in [3.8, 4) is 0 Å². The fraction of sp³-hybridized carbons (Fsp3) is 0.923. The van der Waals surface area contributed by atoms with E-state index in [1.807, 2.05) is 13.8 Å². The van der Waals surface area contributed by atoms with E-state index >= 15 is 0 Å². The zero-order valence-corrected chi connectivity index (χ0v) is 11.0. The van der Waals surface area contributed by atoms with Crippen LogP contribution in [0.25, 0.3) is 0 Å². The molecule has 1 N–H and O–H groups in total. The highest BCUT2D eigenvalue weighted by Crippen LogP contribution is 1.85. The summed E-state index contributed by atoms with van der Waals surface area (Å²) in [4.78, 5) is 11.1. The summed E-state index contributed by atoms with van der Waals surface area (Å²) in [5, 5.41) is 2.78. The molecule has 0 aliphatic heterocycles. The highest BCUT2D eigenvalue weighted by molar-refractivity contribution is 5.75. The lowest BCUT2D eigenvalue weighted by Gasteiger charge is -2.07. The van der Waals surface area contributed by atoms with Crippen molar-refractivity contribution >= 4 is 5.91 Å². The molecule has 5 nitrogen and oxygen atoms in total. The van der Waals surface area contributed by atoms with Crippen molar-refractivity contribution in [2.45, 2.75) is 34.1 Å². The Kier molecular flexibility index (Phi) is 17.9. The highest BCUT2D eigenvalue weighted by atomic mass is 16.5. The molecule has 0 fully saturated rings. The van der Waals surface area contributed by atoms with E-state index in [4.69, 9.17) is 14.2 Å². The van der Waals surface area contributed by atoms with E-state index in [0.29, 0.717) is 46.0 Å². The second-order valence-electron chi connectivity index (χ2n) is 3.52. The van der Waals surface area contributed by atoms with Crippen LogP contribution >= 0.6 is 0 Å². The van der Waals surface area contributed by atoms with E-state index in [9.17, 15) is 4.79 Å². The van der Waals surface area contributed by atoms with Crippen LogP contribution in [0.3, 0.4) is 0 Å². The summed E-state index contributed by atoms with van der Waals surface area (Å²) >= 11 is 0. The predicted molar refractivity (Wildman–Crippen MR) is 74.9 cm³/mol. The van der Waals surface area contributed by atoms with Gasteiger partial charge in [0.25, 0.3) is 0 Å². The van der Waals surface area contributed by atoms with Crippen LogP contribution < -0.4 is 5.32 Å². The van der Waals surface area contributed by atoms with Gasteiger partial charge in [0.1, 0.15) is 0 Å². The monoisotopic (exact) mass is 265 g/mol. The normalized spacial score (nSPS) is 9.89. The number of carbonyl (C=O) groups is 1. The van der Waals surface area contributed by atoms with Gasteiger partial charge >= 0.3 is 0 Å². The summed E-state index contributed by atoms with van der Waals surface area (Å²) in [6.45, 7) is 8.10. The molecule has 18 heavy (non-hydrogen) atoms. The van der Waals surface area contributed by atoms with Crippen LogP contribution in [0.2, 0.25) is 0 Å². The van der Waals surface area contributed by atoms with Gasteiger partial charge in [-0.1, -0.05) is 14.4 Å². The Labute approximate surface area is 113 Å². The number of ether oxygens (including phenoxy) is 3. The minimum absolute atomic E-state index is 0. The van der Waals surface area contributed by atoms with Gasteiger partial charge in [0, 0.05) is 21.0 Å². The van der Waals surface area contributed by atoms with Crippen LogP contribution in [0.5, 0.6) is 0 Å². The van der Waals surface area contributed by atoms with Gasteiger partial charge < -0.3 is 19.5 Å². The van der Waals surface area contributed by atoms with Crippen molar-refractivity contribution in [3.63, 3.8) is 0 Å². The van der Waals surface area contributed by atoms with Crippen LogP contribution in [0.4, 0.5) is 0 Å². The van der Waals surface area contributed by atoms with E-state index < -0.39 is 0 Å². The Morgan fingerprint density at radius 2 is 1.56 bits per heavy atom. The number of carbonyl (C=O) groups excluding carboxylic acids is 1. The topological polar surface area (TPSA) is 56.8 Å². The van der Waals surface area contributed by atoms with Gasteiger partial charge in [-0.3, -0.25) is 4.79 Å². The number of hydrogen-bond donors (Lipinski definition) is 1. The molecule has 1 amide bonds. The van der Waals surface area contributed by atoms with E-state index in [1.54, 1.807) is 0 Å². The molecule has 0 rings (SSSR count). The summed E-state index contributed by atoms with van der Waals surface area (Å²) in [5.74, 6) is 0.0871. The summed E-state index contributed by atoms with van der Waals surface area (Å²) in [5.41, 5.74) is 0. The first-order valence-corrected chi connectivity index (χ1v) is 6.31. The molecule has 0 aromatic heterocycles. The second kappa shape index (κ2) is 16.4. The quantitative estimate of drug-likeness (QED) is 0.547. The first kappa shape index (κ1) is 19.7. The molecular formula is C13H31NO4. The lowest BCUT2D eigenvalue weighted by Crippen LogP contribution is -2.27. The standard InChI is InChI=1S/C12H25NO4.CH4.H2/c1-3-5-12(14)13-6-7-16-10-11-17-9-8-15-4-2;;/h3-11H2,1-2H3,(H,13,14);1H4;1H. The van der Waals surface area contributed by atoms with Crippen LogP contribution in [-0.2, 0) is 19.0 Å². The minimum Gasteiger partial charge on any atom is -0.379 e. The van der Waals surface area contributed by atoms with Crippen molar-refractivity contribution in [1.82, 2.24) is 5.32 Å². The van der Waals surface area contributed by atoms with Gasteiger partial charge in [0.2, 0.25) is 5.91 Å². The van der Waals surface area contributed by atoms with E-state index in [0.717, 1.165) is 13.0 Å². The van der Waals surface area contributed by atoms with E-state index in [2.05, 4.69) is 5.32 Å². The van der Waals surface area contributed by atoms with Crippen LogP contribution in [0.15, 0.2) is 0 Å². The number of rotatable bonds is 12. The van der Waals surface area contributed by atoms with Gasteiger partial charge in [-0.2, -0.15) is 0 Å². The van der Waals surface area contributed by atoms with Crippen LogP contribution in [-0.4, -0.2) is 52.1 Å². The number of hydrogen-bond acceptors (Lipinski definition) is 4. The number of amides is 1. The molecule has 0 bridgehead atoms.